The number of nitrogens with zero attached hydrogens (tertiary/aromatic N) is 1. The van der Waals surface area contributed by atoms with Crippen molar-refractivity contribution >= 4 is 20.0 Å². The van der Waals surface area contributed by atoms with Crippen LogP contribution in [0.25, 0.3) is 0 Å². The van der Waals surface area contributed by atoms with Crippen LogP contribution in [0, 0.1) is 5.92 Å². The van der Waals surface area contributed by atoms with Crippen LogP contribution in [0.4, 0.5) is 0 Å². The lowest BCUT2D eigenvalue weighted by Gasteiger charge is -2.58. The molecule has 0 aromatic heterocycles. The summed E-state index contributed by atoms with van der Waals surface area (Å²) in [6.45, 7) is 5.85. The Morgan fingerprint density at radius 3 is 2.43 bits per heavy atom. The molecule has 42 heavy (non-hydrogen) atoms. The molecule has 0 amide bonds. The Hall–Kier alpha value is -3.14. The minimum atomic E-state index is -1.76. The Labute approximate surface area is 252 Å². The molecule has 7 atom stereocenters. The van der Waals surface area contributed by atoms with Crippen molar-refractivity contribution in [1.82, 2.24) is 4.90 Å². The molecule has 7 unspecified atom stereocenters. The van der Waals surface area contributed by atoms with E-state index in [1.165, 1.54) is 31.2 Å². The average molecular weight is 562 g/mol. The fraction of sp³-hybridized carbons (Fsp3) is 0.333. The second-order valence-electron chi connectivity index (χ2n) is 14.2. The largest absolute Gasteiger partial charge is 0.283 e. The Morgan fingerprint density at radius 1 is 0.833 bits per heavy atom. The normalized spacial score (nSPS) is 34.2. The summed E-state index contributed by atoms with van der Waals surface area (Å²) in [6.07, 6.45) is 27.4. The van der Waals surface area contributed by atoms with Crippen LogP contribution in [-0.2, 0) is 0 Å². The molecular weight excluding hydrogens is 521 g/mol. The fourth-order valence-corrected chi connectivity index (χ4v) is 13.3. The van der Waals surface area contributed by atoms with Gasteiger partial charge in [-0.25, -0.2) is 0 Å². The molecule has 2 fully saturated rings. The summed E-state index contributed by atoms with van der Waals surface area (Å²) >= 11 is 0. The molecule has 3 heterocycles. The molecule has 2 saturated heterocycles. The monoisotopic (exact) mass is 561 g/mol. The first-order valence-corrected chi connectivity index (χ1v) is 19.4. The average Bonchev–Trinajstić information content (AvgIpc) is 3.39. The smallest absolute Gasteiger partial charge is 0.215 e. The van der Waals surface area contributed by atoms with Gasteiger partial charge in [-0.3, -0.25) is 4.90 Å². The highest BCUT2D eigenvalue weighted by atomic mass is 28.3. The van der Waals surface area contributed by atoms with Crippen LogP contribution in [0.15, 0.2) is 143 Å². The molecule has 4 aliphatic carbocycles. The van der Waals surface area contributed by atoms with Gasteiger partial charge >= 0.3 is 0 Å². The Morgan fingerprint density at radius 2 is 1.60 bits per heavy atom. The maximum atomic E-state index is 3.04. The third kappa shape index (κ3) is 3.47. The minimum Gasteiger partial charge on any atom is -0.283 e. The second-order valence-corrected chi connectivity index (χ2v) is 19.1. The first kappa shape index (κ1) is 25.4. The first-order valence-electron chi connectivity index (χ1n) is 16.4. The van der Waals surface area contributed by atoms with Crippen molar-refractivity contribution in [1.29, 1.82) is 0 Å². The summed E-state index contributed by atoms with van der Waals surface area (Å²) in [5, 5.41) is 1.62. The molecule has 2 aromatic rings. The van der Waals surface area contributed by atoms with Crippen LogP contribution in [0.5, 0.6) is 0 Å². The maximum Gasteiger partial charge on any atom is 0.215 e. The van der Waals surface area contributed by atoms with Gasteiger partial charge in [0.15, 0.2) is 0 Å². The first-order chi connectivity index (χ1) is 20.6. The van der Waals surface area contributed by atoms with Crippen LogP contribution in [0.2, 0.25) is 24.5 Å². The summed E-state index contributed by atoms with van der Waals surface area (Å²) < 4.78 is 0. The highest BCUT2D eigenvalue weighted by molar-refractivity contribution is 6.91. The molecule has 1 nitrogen and oxygen atoms in total. The van der Waals surface area contributed by atoms with Gasteiger partial charge in [0.2, 0.25) is 6.71 Å². The van der Waals surface area contributed by atoms with Gasteiger partial charge < -0.3 is 0 Å². The number of benzene rings is 2. The molecule has 9 rings (SSSR count). The highest BCUT2D eigenvalue weighted by Crippen LogP contribution is 2.62. The van der Waals surface area contributed by atoms with Crippen LogP contribution >= 0.6 is 0 Å². The van der Waals surface area contributed by atoms with Crippen molar-refractivity contribution in [3.63, 3.8) is 0 Å². The zero-order valence-corrected chi connectivity index (χ0v) is 25.9. The molecule has 208 valence electrons. The van der Waals surface area contributed by atoms with E-state index in [9.17, 15) is 0 Å². The van der Waals surface area contributed by atoms with Gasteiger partial charge in [0.25, 0.3) is 0 Å². The van der Waals surface area contributed by atoms with Gasteiger partial charge in [-0.15, -0.1) is 0 Å². The van der Waals surface area contributed by atoms with Gasteiger partial charge in [0, 0.05) is 30.0 Å². The van der Waals surface area contributed by atoms with E-state index in [4.69, 9.17) is 0 Å². The Kier molecular flexibility index (Phi) is 5.70. The Balaban J connectivity index is 1.29. The van der Waals surface area contributed by atoms with Crippen molar-refractivity contribution < 1.29 is 0 Å². The van der Waals surface area contributed by atoms with Crippen LogP contribution in [0.1, 0.15) is 37.2 Å². The molecule has 0 bridgehead atoms. The van der Waals surface area contributed by atoms with Gasteiger partial charge in [-0.05, 0) is 53.8 Å². The topological polar surface area (TPSA) is 3.24 Å². The molecule has 3 heteroatoms. The molecule has 3 aliphatic heterocycles. The zero-order chi connectivity index (χ0) is 28.0. The van der Waals surface area contributed by atoms with Crippen molar-refractivity contribution in [3.05, 3.63) is 149 Å². The van der Waals surface area contributed by atoms with Gasteiger partial charge in [0.05, 0.1) is 8.07 Å². The fourth-order valence-electron chi connectivity index (χ4n) is 10.3. The van der Waals surface area contributed by atoms with E-state index in [1.54, 1.807) is 27.4 Å². The summed E-state index contributed by atoms with van der Waals surface area (Å²) in [6, 6.07) is 24.6. The van der Waals surface area contributed by atoms with E-state index in [-0.39, 0.29) is 0 Å². The molecule has 2 aromatic carbocycles. The van der Waals surface area contributed by atoms with E-state index >= 15 is 0 Å². The van der Waals surface area contributed by atoms with E-state index in [0.717, 1.165) is 5.54 Å². The van der Waals surface area contributed by atoms with Gasteiger partial charge in [-0.1, -0.05) is 150 Å². The number of hydrogen-bond acceptors (Lipinski definition) is 1. The predicted molar refractivity (Wildman–Crippen MR) is 180 cm³/mol. The lowest BCUT2D eigenvalue weighted by molar-refractivity contribution is 0.150. The summed E-state index contributed by atoms with van der Waals surface area (Å²) in [7, 11) is -1.76. The van der Waals surface area contributed by atoms with Crippen molar-refractivity contribution in [2.24, 2.45) is 5.92 Å². The van der Waals surface area contributed by atoms with Crippen molar-refractivity contribution in [2.75, 3.05) is 0 Å². The summed E-state index contributed by atoms with van der Waals surface area (Å²) in [4.78, 5) is 3.04. The second kappa shape index (κ2) is 9.43. The third-order valence-electron chi connectivity index (χ3n) is 12.2. The maximum absolute atomic E-state index is 3.04. The zero-order valence-electron chi connectivity index (χ0n) is 24.9. The number of hydrogen-bond donors (Lipinski definition) is 0. The quantitative estimate of drug-likeness (QED) is 0.342. The van der Waals surface area contributed by atoms with Crippen LogP contribution in [0.3, 0.4) is 0 Å². The van der Waals surface area contributed by atoms with Crippen LogP contribution < -0.4 is 5.19 Å². The molecule has 0 N–H and O–H groups in total. The summed E-state index contributed by atoms with van der Waals surface area (Å²) in [5.74, 6) is 1.44. The van der Waals surface area contributed by atoms with E-state index in [0.29, 0.717) is 42.5 Å². The van der Waals surface area contributed by atoms with Gasteiger partial charge in [0.1, 0.15) is 0 Å². The lowest BCUT2D eigenvalue weighted by Crippen LogP contribution is -2.62. The Bertz CT molecular complexity index is 1650. The van der Waals surface area contributed by atoms with E-state index in [1.807, 2.05) is 5.47 Å². The minimum absolute atomic E-state index is 0.397. The van der Waals surface area contributed by atoms with E-state index < -0.39 is 8.07 Å². The number of allylic oxidation sites excluding steroid dienone is 9. The SMILES string of the molecule is C[Si](C)(c1ccccc1)C1CC2=C3B(C4=CCCC=C4C2c2ccccc2)C2C=CC=C4C5C=CC=CC5N(C3C1)C42. The number of rotatable bonds is 3. The van der Waals surface area contributed by atoms with Crippen molar-refractivity contribution in [3.8, 4) is 0 Å². The van der Waals surface area contributed by atoms with E-state index in [2.05, 4.69) is 133 Å². The number of fused-ring (bicyclic) bond motifs is 7. The molecule has 0 spiro atoms. The lowest BCUT2D eigenvalue weighted by atomic mass is 9.23. The molecule has 7 aliphatic rings. The van der Waals surface area contributed by atoms with Crippen molar-refractivity contribution in [2.45, 2.75) is 74.2 Å². The predicted octanol–water partition coefficient (Wildman–Crippen LogP) is 8.12. The molecule has 0 radical (unpaired) electrons. The highest BCUT2D eigenvalue weighted by Gasteiger charge is 2.61. The summed E-state index contributed by atoms with van der Waals surface area (Å²) in [5.41, 5.74) is 10.8. The standard InChI is InChI=1S/C39H40BNSi/c1-42(2,27-16-7-4-8-17-27)28-24-32-37(26-14-5-3-6-15-26)31-19-9-11-21-33(31)40-34-22-13-20-30-29-18-10-12-23-35(29)41(39(30)34)36(25-28)38(32)40/h3-8,10,12-23,28-29,34-37,39H,9,11,24-25H2,1-2H3. The molecule has 0 saturated carbocycles. The third-order valence-corrected chi connectivity index (χ3v) is 16.5. The van der Waals surface area contributed by atoms with Crippen LogP contribution in [-0.4, -0.2) is 37.8 Å². The molecular formula is C39H40BNSi. The van der Waals surface area contributed by atoms with Gasteiger partial charge in [-0.2, -0.15) is 0 Å².